The number of H-pyrrole nitrogens is 1. The normalized spacial score (nSPS) is 15.0. The second kappa shape index (κ2) is 6.43. The van der Waals surface area contributed by atoms with Crippen molar-refractivity contribution in [3.05, 3.63) is 17.0 Å². The van der Waals surface area contributed by atoms with E-state index >= 15 is 0 Å². The van der Waals surface area contributed by atoms with Gasteiger partial charge in [0.05, 0.1) is 18.7 Å². The number of carbonyl (C=O) groups is 2. The Morgan fingerprint density at radius 1 is 1.33 bits per heavy atom. The Balaban J connectivity index is 2.15. The van der Waals surface area contributed by atoms with Crippen molar-refractivity contribution in [3.8, 4) is 0 Å². The molecule has 1 aliphatic heterocycles. The molecule has 0 aliphatic carbocycles. The van der Waals surface area contributed by atoms with Crippen LogP contribution in [0.2, 0.25) is 0 Å². The highest BCUT2D eigenvalue weighted by Crippen LogP contribution is 2.22. The fourth-order valence-corrected chi connectivity index (χ4v) is 2.37. The minimum absolute atomic E-state index is 0.185. The summed E-state index contributed by atoms with van der Waals surface area (Å²) in [4.78, 5) is 26.2. The van der Waals surface area contributed by atoms with Gasteiger partial charge in [-0.1, -0.05) is 0 Å². The number of amides is 2. The third-order valence-corrected chi connectivity index (χ3v) is 3.65. The van der Waals surface area contributed by atoms with Crippen LogP contribution in [0.15, 0.2) is 0 Å². The Morgan fingerprint density at radius 2 is 2.00 bits per heavy atom. The van der Waals surface area contributed by atoms with Crippen molar-refractivity contribution >= 4 is 12.0 Å². The van der Waals surface area contributed by atoms with Gasteiger partial charge in [0, 0.05) is 24.2 Å². The highest BCUT2D eigenvalue weighted by molar-refractivity contribution is 5.94. The number of ether oxygens (including phenoxy) is 1. The van der Waals surface area contributed by atoms with Gasteiger partial charge in [-0.2, -0.15) is 5.10 Å². The summed E-state index contributed by atoms with van der Waals surface area (Å²) in [6.45, 7) is 9.47. The lowest BCUT2D eigenvalue weighted by atomic mass is 10.0. The van der Waals surface area contributed by atoms with Gasteiger partial charge in [0.1, 0.15) is 5.60 Å². The molecule has 1 aromatic heterocycles. The molecule has 3 N–H and O–H groups in total. The van der Waals surface area contributed by atoms with E-state index in [0.29, 0.717) is 18.5 Å². The Kier molecular flexibility index (Phi) is 4.89. The van der Waals surface area contributed by atoms with Crippen molar-refractivity contribution < 1.29 is 19.4 Å². The summed E-state index contributed by atoms with van der Waals surface area (Å²) in [5, 5.41) is 19.0. The van der Waals surface area contributed by atoms with Crippen LogP contribution in [0.5, 0.6) is 0 Å². The van der Waals surface area contributed by atoms with Gasteiger partial charge in [-0.25, -0.2) is 4.79 Å². The van der Waals surface area contributed by atoms with Gasteiger partial charge < -0.3 is 20.1 Å². The van der Waals surface area contributed by atoms with Crippen LogP contribution in [-0.4, -0.2) is 56.5 Å². The van der Waals surface area contributed by atoms with E-state index in [1.807, 2.05) is 20.8 Å². The molecule has 0 atom stereocenters. The molecule has 8 heteroatoms. The Labute approximate surface area is 141 Å². The standard InChI is InChI=1S/C16H26N4O4/c1-15(2,3)24-14(23)20-7-6-11-10(8-20)12(19-18-11)13(22)17-16(4,5)9-21/h21H,6-9H2,1-5H3,(H,17,22)(H,18,19). The Bertz CT molecular complexity index is 631. The molecule has 0 fully saturated rings. The average Bonchev–Trinajstić information content (AvgIpc) is 2.88. The lowest BCUT2D eigenvalue weighted by Gasteiger charge is -2.30. The number of nitrogens with zero attached hydrogens (tertiary/aromatic N) is 2. The Hall–Kier alpha value is -2.09. The molecule has 0 unspecified atom stereocenters. The van der Waals surface area contributed by atoms with Crippen molar-refractivity contribution in [2.45, 2.75) is 58.7 Å². The molecule has 1 aromatic rings. The summed E-state index contributed by atoms with van der Waals surface area (Å²) in [5.74, 6) is -0.377. The zero-order valence-electron chi connectivity index (χ0n) is 14.9. The molecule has 0 aromatic carbocycles. The van der Waals surface area contributed by atoms with Crippen molar-refractivity contribution in [3.63, 3.8) is 0 Å². The molecule has 2 rings (SSSR count). The number of hydrogen-bond donors (Lipinski definition) is 3. The Morgan fingerprint density at radius 3 is 2.58 bits per heavy atom. The van der Waals surface area contributed by atoms with E-state index in [1.54, 1.807) is 18.7 Å². The first-order valence-corrected chi connectivity index (χ1v) is 8.00. The van der Waals surface area contributed by atoms with Crippen molar-refractivity contribution in [1.29, 1.82) is 0 Å². The van der Waals surface area contributed by atoms with E-state index in [1.165, 1.54) is 0 Å². The molecular formula is C16H26N4O4. The maximum Gasteiger partial charge on any atom is 0.410 e. The van der Waals surface area contributed by atoms with Crippen molar-refractivity contribution in [1.82, 2.24) is 20.4 Å². The molecule has 8 nitrogen and oxygen atoms in total. The summed E-state index contributed by atoms with van der Waals surface area (Å²) in [6, 6.07) is 0. The number of aliphatic hydroxyl groups is 1. The molecule has 0 bridgehead atoms. The lowest BCUT2D eigenvalue weighted by Crippen LogP contribution is -2.47. The lowest BCUT2D eigenvalue weighted by molar-refractivity contribution is 0.0222. The average molecular weight is 338 g/mol. The zero-order chi connectivity index (χ0) is 18.1. The second-order valence-corrected chi connectivity index (χ2v) is 7.68. The second-order valence-electron chi connectivity index (χ2n) is 7.68. The van der Waals surface area contributed by atoms with E-state index in [-0.39, 0.29) is 24.8 Å². The van der Waals surface area contributed by atoms with E-state index in [4.69, 9.17) is 4.74 Å². The van der Waals surface area contributed by atoms with Crippen LogP contribution in [0.25, 0.3) is 0 Å². The summed E-state index contributed by atoms with van der Waals surface area (Å²) < 4.78 is 5.39. The fraction of sp³-hybridized carbons (Fsp3) is 0.688. The van der Waals surface area contributed by atoms with Crippen LogP contribution >= 0.6 is 0 Å². The molecule has 0 saturated heterocycles. The number of nitrogens with one attached hydrogen (secondary N) is 2. The van der Waals surface area contributed by atoms with Gasteiger partial charge in [-0.05, 0) is 34.6 Å². The molecule has 0 spiro atoms. The van der Waals surface area contributed by atoms with E-state index < -0.39 is 17.2 Å². The largest absolute Gasteiger partial charge is 0.444 e. The molecule has 0 saturated carbocycles. The number of hydrogen-bond acceptors (Lipinski definition) is 5. The number of aliphatic hydroxyl groups excluding tert-OH is 1. The molecule has 2 amide bonds. The highest BCUT2D eigenvalue weighted by Gasteiger charge is 2.31. The smallest absolute Gasteiger partial charge is 0.410 e. The van der Waals surface area contributed by atoms with E-state index in [0.717, 1.165) is 5.69 Å². The third kappa shape index (κ3) is 4.25. The monoisotopic (exact) mass is 338 g/mol. The summed E-state index contributed by atoms with van der Waals surface area (Å²) in [6.07, 6.45) is 0.175. The number of carbonyl (C=O) groups excluding carboxylic acids is 2. The predicted octanol–water partition coefficient (Wildman–Crippen LogP) is 1.20. The van der Waals surface area contributed by atoms with Crippen molar-refractivity contribution in [2.24, 2.45) is 0 Å². The van der Waals surface area contributed by atoms with Crippen LogP contribution in [0.4, 0.5) is 4.79 Å². The van der Waals surface area contributed by atoms with Gasteiger partial charge >= 0.3 is 6.09 Å². The van der Waals surface area contributed by atoms with Gasteiger partial charge in [-0.15, -0.1) is 0 Å². The van der Waals surface area contributed by atoms with Crippen LogP contribution < -0.4 is 5.32 Å². The number of aromatic amines is 1. The van der Waals surface area contributed by atoms with Crippen LogP contribution in [0.3, 0.4) is 0 Å². The van der Waals surface area contributed by atoms with Gasteiger partial charge in [-0.3, -0.25) is 9.89 Å². The summed E-state index contributed by atoms with van der Waals surface area (Å²) in [5.41, 5.74) is 0.474. The maximum atomic E-state index is 12.4. The molecule has 0 radical (unpaired) electrons. The predicted molar refractivity (Wildman–Crippen MR) is 87.6 cm³/mol. The minimum atomic E-state index is -0.748. The first-order valence-electron chi connectivity index (χ1n) is 8.00. The van der Waals surface area contributed by atoms with E-state index in [2.05, 4.69) is 15.5 Å². The number of aromatic nitrogens is 2. The van der Waals surface area contributed by atoms with Gasteiger partial charge in [0.15, 0.2) is 5.69 Å². The molecule has 2 heterocycles. The zero-order valence-corrected chi connectivity index (χ0v) is 14.9. The van der Waals surface area contributed by atoms with Crippen LogP contribution in [0, 0.1) is 0 Å². The first-order chi connectivity index (χ1) is 11.0. The maximum absolute atomic E-state index is 12.4. The molecular weight excluding hydrogens is 312 g/mol. The first kappa shape index (κ1) is 18.3. The SMILES string of the molecule is CC(C)(CO)NC(=O)c1n[nH]c2c1CN(C(=O)OC(C)(C)C)CC2. The highest BCUT2D eigenvalue weighted by atomic mass is 16.6. The van der Waals surface area contributed by atoms with Gasteiger partial charge in [0.2, 0.25) is 0 Å². The third-order valence-electron chi connectivity index (χ3n) is 3.65. The number of fused-ring (bicyclic) bond motifs is 1. The quantitative estimate of drug-likeness (QED) is 0.768. The number of rotatable bonds is 3. The minimum Gasteiger partial charge on any atom is -0.444 e. The molecule has 134 valence electrons. The van der Waals surface area contributed by atoms with Crippen molar-refractivity contribution in [2.75, 3.05) is 13.2 Å². The van der Waals surface area contributed by atoms with Crippen LogP contribution in [-0.2, 0) is 17.7 Å². The topological polar surface area (TPSA) is 108 Å². The van der Waals surface area contributed by atoms with Gasteiger partial charge in [0.25, 0.3) is 5.91 Å². The van der Waals surface area contributed by atoms with E-state index in [9.17, 15) is 14.7 Å². The summed E-state index contributed by atoms with van der Waals surface area (Å²) in [7, 11) is 0. The van der Waals surface area contributed by atoms with Crippen LogP contribution in [0.1, 0.15) is 56.4 Å². The molecule has 24 heavy (non-hydrogen) atoms. The molecule has 1 aliphatic rings. The summed E-state index contributed by atoms with van der Waals surface area (Å²) >= 11 is 0. The fourth-order valence-electron chi connectivity index (χ4n) is 2.37.